The Bertz CT molecular complexity index is 231. The molecule has 68 valence electrons. The van der Waals surface area contributed by atoms with Crippen LogP contribution < -0.4 is 0 Å². The fourth-order valence-corrected chi connectivity index (χ4v) is 0.679. The second-order valence-electron chi connectivity index (χ2n) is 3.67. The monoisotopic (exact) mass is 188 g/mol. The van der Waals surface area contributed by atoms with Crippen molar-refractivity contribution >= 4 is 11.6 Å². The quantitative estimate of drug-likeness (QED) is 0.570. The molecule has 0 radical (unpaired) electrons. The molecule has 0 saturated heterocycles. The summed E-state index contributed by atoms with van der Waals surface area (Å²) >= 11 is 5.41. The summed E-state index contributed by atoms with van der Waals surface area (Å²) in [4.78, 5) is 0. The highest BCUT2D eigenvalue weighted by Gasteiger charge is 2.18. The molecule has 2 heteroatoms. The van der Waals surface area contributed by atoms with Crippen LogP contribution in [0.15, 0.2) is 35.7 Å². The predicted molar refractivity (Wildman–Crippen MR) is 52.8 cm³/mol. The van der Waals surface area contributed by atoms with Gasteiger partial charge in [-0.15, -0.1) is 0 Å². The molecule has 0 fully saturated rings. The van der Waals surface area contributed by atoms with Crippen molar-refractivity contribution in [3.8, 4) is 0 Å². The number of rotatable bonds is 2. The van der Waals surface area contributed by atoms with E-state index < -0.39 is 5.83 Å². The van der Waals surface area contributed by atoms with Crippen LogP contribution in [0.4, 0.5) is 4.39 Å². The van der Waals surface area contributed by atoms with Crippen molar-refractivity contribution < 1.29 is 4.39 Å². The van der Waals surface area contributed by atoms with Crippen molar-refractivity contribution in [1.29, 1.82) is 0 Å². The van der Waals surface area contributed by atoms with Gasteiger partial charge in [0.05, 0.1) is 0 Å². The van der Waals surface area contributed by atoms with E-state index in [1.54, 1.807) is 0 Å². The zero-order chi connectivity index (χ0) is 9.94. The first kappa shape index (κ1) is 11.4. The van der Waals surface area contributed by atoms with Crippen LogP contribution in [0.3, 0.4) is 0 Å². The molecule has 12 heavy (non-hydrogen) atoms. The summed E-state index contributed by atoms with van der Waals surface area (Å²) in [7, 11) is 0. The van der Waals surface area contributed by atoms with Gasteiger partial charge in [0.25, 0.3) is 0 Å². The van der Waals surface area contributed by atoms with Crippen LogP contribution in [-0.2, 0) is 0 Å². The maximum Gasteiger partial charge on any atom is 0.127 e. The van der Waals surface area contributed by atoms with Gasteiger partial charge in [-0.05, 0) is 17.1 Å². The Hall–Kier alpha value is -0.560. The first-order chi connectivity index (χ1) is 5.25. The van der Waals surface area contributed by atoms with Gasteiger partial charge in [0, 0.05) is 5.03 Å². The third kappa shape index (κ3) is 3.72. The van der Waals surface area contributed by atoms with Crippen LogP contribution in [0.25, 0.3) is 0 Å². The highest BCUT2D eigenvalue weighted by molar-refractivity contribution is 6.30. The molecule has 0 N–H and O–H groups in total. The third-order valence-corrected chi connectivity index (χ3v) is 1.59. The molecule has 0 aliphatic carbocycles. The molecular weight excluding hydrogens is 175 g/mol. The van der Waals surface area contributed by atoms with Gasteiger partial charge in [-0.25, -0.2) is 4.39 Å². The van der Waals surface area contributed by atoms with Gasteiger partial charge in [-0.2, -0.15) is 0 Å². The number of hydrogen-bond acceptors (Lipinski definition) is 0. The van der Waals surface area contributed by atoms with E-state index in [1.807, 2.05) is 20.8 Å². The summed E-state index contributed by atoms with van der Waals surface area (Å²) in [6.07, 6.45) is 1.18. The van der Waals surface area contributed by atoms with Crippen molar-refractivity contribution in [1.82, 2.24) is 0 Å². The SMILES string of the molecule is C=C(Cl)/C=C(/F)C(=C)C(C)(C)C. The van der Waals surface area contributed by atoms with E-state index in [9.17, 15) is 4.39 Å². The van der Waals surface area contributed by atoms with E-state index in [1.165, 1.54) is 6.08 Å². The molecule has 0 aliphatic heterocycles. The van der Waals surface area contributed by atoms with Gasteiger partial charge in [0.1, 0.15) is 5.83 Å². The molecular formula is C10H14ClF. The average molecular weight is 189 g/mol. The number of allylic oxidation sites excluding steroid dienone is 4. The Labute approximate surface area is 78.4 Å². The van der Waals surface area contributed by atoms with Gasteiger partial charge >= 0.3 is 0 Å². The maximum atomic E-state index is 13.2. The lowest BCUT2D eigenvalue weighted by atomic mass is 9.87. The van der Waals surface area contributed by atoms with Crippen molar-refractivity contribution in [2.24, 2.45) is 5.41 Å². The summed E-state index contributed by atoms with van der Waals surface area (Å²) < 4.78 is 13.2. The molecule has 0 heterocycles. The van der Waals surface area contributed by atoms with Crippen LogP contribution >= 0.6 is 11.6 Å². The molecule has 0 nitrogen and oxygen atoms in total. The van der Waals surface area contributed by atoms with E-state index in [-0.39, 0.29) is 10.4 Å². The molecule has 0 atom stereocenters. The minimum absolute atomic E-state index is 0.179. The second kappa shape index (κ2) is 3.90. The van der Waals surface area contributed by atoms with Gasteiger partial charge < -0.3 is 0 Å². The lowest BCUT2D eigenvalue weighted by Gasteiger charge is -2.19. The third-order valence-electron chi connectivity index (χ3n) is 1.48. The Morgan fingerprint density at radius 2 is 1.75 bits per heavy atom. The van der Waals surface area contributed by atoms with E-state index in [4.69, 9.17) is 11.6 Å². The van der Waals surface area contributed by atoms with E-state index in [0.29, 0.717) is 5.57 Å². The molecule has 0 bridgehead atoms. The Kier molecular flexibility index (Phi) is 3.72. The van der Waals surface area contributed by atoms with Crippen LogP contribution in [0.5, 0.6) is 0 Å². The molecule has 0 rings (SSSR count). The van der Waals surface area contributed by atoms with Gasteiger partial charge in [0.15, 0.2) is 0 Å². The molecule has 0 unspecified atom stereocenters. The minimum Gasteiger partial charge on any atom is -0.207 e. The molecule has 0 aliphatic rings. The lowest BCUT2D eigenvalue weighted by Crippen LogP contribution is -2.08. The summed E-state index contributed by atoms with van der Waals surface area (Å²) in [6.45, 7) is 12.7. The second-order valence-corrected chi connectivity index (χ2v) is 4.15. The van der Waals surface area contributed by atoms with Crippen molar-refractivity contribution in [3.05, 3.63) is 35.7 Å². The van der Waals surface area contributed by atoms with E-state index >= 15 is 0 Å². The largest absolute Gasteiger partial charge is 0.207 e. The Balaban J connectivity index is 4.63. The topological polar surface area (TPSA) is 0 Å². The molecule has 0 aromatic heterocycles. The molecule has 0 amide bonds. The van der Waals surface area contributed by atoms with Gasteiger partial charge in [0.2, 0.25) is 0 Å². The fraction of sp³-hybridized carbons (Fsp3) is 0.400. The van der Waals surface area contributed by atoms with Crippen molar-refractivity contribution in [2.45, 2.75) is 20.8 Å². The summed E-state index contributed by atoms with van der Waals surface area (Å²) in [6, 6.07) is 0. The molecule has 0 aromatic carbocycles. The highest BCUT2D eigenvalue weighted by atomic mass is 35.5. The Morgan fingerprint density at radius 3 is 2.00 bits per heavy atom. The number of halogens is 2. The highest BCUT2D eigenvalue weighted by Crippen LogP contribution is 2.30. The van der Waals surface area contributed by atoms with E-state index in [0.717, 1.165) is 0 Å². The number of hydrogen-bond donors (Lipinski definition) is 0. The average Bonchev–Trinajstić information content (AvgIpc) is 1.82. The smallest absolute Gasteiger partial charge is 0.127 e. The van der Waals surface area contributed by atoms with Crippen molar-refractivity contribution in [3.63, 3.8) is 0 Å². The minimum atomic E-state index is -0.400. The normalized spacial score (nSPS) is 12.9. The molecule has 0 saturated carbocycles. The Morgan fingerprint density at radius 1 is 1.33 bits per heavy atom. The zero-order valence-electron chi connectivity index (χ0n) is 7.75. The first-order valence-electron chi connectivity index (χ1n) is 3.66. The van der Waals surface area contributed by atoms with Crippen LogP contribution in [0.2, 0.25) is 0 Å². The summed E-state index contributed by atoms with van der Waals surface area (Å²) in [5.74, 6) is -0.400. The summed E-state index contributed by atoms with van der Waals surface area (Å²) in [5.41, 5.74) is 0.164. The zero-order valence-corrected chi connectivity index (χ0v) is 8.50. The van der Waals surface area contributed by atoms with Crippen LogP contribution in [0.1, 0.15) is 20.8 Å². The predicted octanol–water partition coefficient (Wildman–Crippen LogP) is 4.19. The van der Waals surface area contributed by atoms with Crippen molar-refractivity contribution in [2.75, 3.05) is 0 Å². The van der Waals surface area contributed by atoms with Crippen LogP contribution in [-0.4, -0.2) is 0 Å². The fourth-order valence-electron chi connectivity index (χ4n) is 0.583. The van der Waals surface area contributed by atoms with Gasteiger partial charge in [-0.1, -0.05) is 45.5 Å². The summed E-state index contributed by atoms with van der Waals surface area (Å²) in [5, 5.41) is 0.179. The molecule has 0 spiro atoms. The standard InChI is InChI=1S/C10H14ClF/c1-7(11)6-9(12)8(2)10(3,4)5/h6H,1-2H2,3-5H3/b9-6+. The van der Waals surface area contributed by atoms with E-state index in [2.05, 4.69) is 13.2 Å². The van der Waals surface area contributed by atoms with Gasteiger partial charge in [-0.3, -0.25) is 0 Å². The maximum absolute atomic E-state index is 13.2. The molecule has 0 aromatic rings. The first-order valence-corrected chi connectivity index (χ1v) is 4.04. The van der Waals surface area contributed by atoms with Crippen LogP contribution in [0, 0.1) is 5.41 Å². The lowest BCUT2D eigenvalue weighted by molar-refractivity contribution is 0.476.